The molecule has 0 aliphatic heterocycles. The van der Waals surface area contributed by atoms with Crippen LogP contribution < -0.4 is 0 Å². The van der Waals surface area contributed by atoms with E-state index in [4.69, 9.17) is 9.59 Å². The molecule has 0 aliphatic carbocycles. The summed E-state index contributed by atoms with van der Waals surface area (Å²) in [6.45, 7) is 0. The Bertz CT molecular complexity index is 124. The van der Waals surface area contributed by atoms with Gasteiger partial charge in [-0.3, -0.25) is 0 Å². The quantitative estimate of drug-likeness (QED) is 0.163. The second-order valence-corrected chi connectivity index (χ2v) is 0.514. The summed E-state index contributed by atoms with van der Waals surface area (Å²) < 4.78 is 0. The van der Waals surface area contributed by atoms with Gasteiger partial charge in [-0.2, -0.15) is 0 Å². The van der Waals surface area contributed by atoms with E-state index in [1.54, 1.807) is 0 Å². The van der Waals surface area contributed by atoms with E-state index in [0.29, 0.717) is 0 Å². The zero-order chi connectivity index (χ0) is 6.24. The lowest BCUT2D eigenvalue weighted by atomic mass is 11.7. The van der Waals surface area contributed by atoms with E-state index in [-0.39, 0.29) is 0 Å². The van der Waals surface area contributed by atoms with E-state index in [1.165, 1.54) is 0 Å². The van der Waals surface area contributed by atoms with Crippen molar-refractivity contribution in [1.82, 2.24) is 0 Å². The van der Waals surface area contributed by atoms with Gasteiger partial charge in [0, 0.05) is 0 Å². The third kappa shape index (κ3) is 4.36. The predicted octanol–water partition coefficient (Wildman–Crippen LogP) is -0.564. The highest BCUT2D eigenvalue weighted by Crippen LogP contribution is 1.73. The monoisotopic (exact) mass is 116 g/mol. The van der Waals surface area contributed by atoms with Crippen molar-refractivity contribution >= 4 is 12.2 Å². The molecule has 0 saturated carbocycles. The predicted molar refractivity (Wildman–Crippen MR) is 18.4 cm³/mol. The summed E-state index contributed by atoms with van der Waals surface area (Å²) in [6.07, 6.45) is 1.93. The van der Waals surface area contributed by atoms with Crippen molar-refractivity contribution < 1.29 is 19.6 Å². The van der Waals surface area contributed by atoms with Gasteiger partial charge >= 0.3 is 0 Å². The Kier molecular flexibility index (Phi) is 4.26. The molecule has 6 heteroatoms. The second kappa shape index (κ2) is 5.36. The topological polar surface area (TPSA) is 77.3 Å². The fraction of sp³-hybridized carbons (Fsp3) is 0. The lowest BCUT2D eigenvalue weighted by Crippen LogP contribution is -1.74. The number of hydrogen-bond acceptors (Lipinski definition) is 6. The third-order valence-electron chi connectivity index (χ3n) is 0.182. The number of isocyanates is 2. The van der Waals surface area contributed by atoms with E-state index in [9.17, 15) is 0 Å². The first kappa shape index (κ1) is 6.36. The second-order valence-electron chi connectivity index (χ2n) is 0.514. The van der Waals surface area contributed by atoms with Crippen LogP contribution in [0.2, 0.25) is 0 Å². The van der Waals surface area contributed by atoms with E-state index in [0.717, 1.165) is 12.2 Å². The highest BCUT2D eigenvalue weighted by molar-refractivity contribution is 5.31. The summed E-state index contributed by atoms with van der Waals surface area (Å²) in [7, 11) is 0. The fourth-order valence-electron chi connectivity index (χ4n) is 0.0638. The van der Waals surface area contributed by atoms with Gasteiger partial charge in [0.15, 0.2) is 0 Å². The van der Waals surface area contributed by atoms with Crippen molar-refractivity contribution in [1.29, 1.82) is 0 Å². The maximum absolute atomic E-state index is 9.13. The molecule has 0 spiro atoms. The zero-order valence-corrected chi connectivity index (χ0v) is 3.53. The number of hydrogen-bond donors (Lipinski definition) is 0. The van der Waals surface area contributed by atoms with E-state index >= 15 is 0 Å². The van der Waals surface area contributed by atoms with Gasteiger partial charge in [-0.1, -0.05) is 0 Å². The maximum Gasteiger partial charge on any atom is 0.281 e. The molecule has 0 aromatic heterocycles. The summed E-state index contributed by atoms with van der Waals surface area (Å²) in [5.41, 5.74) is 0. The van der Waals surface area contributed by atoms with Crippen LogP contribution in [0.25, 0.3) is 0 Å². The minimum absolute atomic E-state index is 0.965. The molecular weight excluding hydrogens is 116 g/mol. The molecule has 0 saturated heterocycles. The van der Waals surface area contributed by atoms with Crippen LogP contribution in [0, 0.1) is 0 Å². The first-order valence-corrected chi connectivity index (χ1v) is 1.39. The highest BCUT2D eigenvalue weighted by atomic mass is 17.3. The molecule has 0 bridgehead atoms. The highest BCUT2D eigenvalue weighted by Gasteiger charge is 1.70. The molecule has 0 fully saturated rings. The van der Waals surface area contributed by atoms with Crippen molar-refractivity contribution in [2.24, 2.45) is 10.3 Å². The largest absolute Gasteiger partial charge is 0.281 e. The van der Waals surface area contributed by atoms with Crippen LogP contribution in [0.4, 0.5) is 0 Å². The number of carbonyl (C=O) groups excluding carboxylic acids is 2. The molecule has 0 unspecified atom stereocenters. The van der Waals surface area contributed by atoms with Crippen LogP contribution in [0.15, 0.2) is 10.3 Å². The van der Waals surface area contributed by atoms with Crippen LogP contribution in [0.5, 0.6) is 0 Å². The maximum atomic E-state index is 9.13. The molecule has 8 heavy (non-hydrogen) atoms. The summed E-state index contributed by atoms with van der Waals surface area (Å²) in [5.74, 6) is 0. The molecule has 42 valence electrons. The minimum atomic E-state index is 0.965. The van der Waals surface area contributed by atoms with Gasteiger partial charge in [0.1, 0.15) is 0 Å². The normalized spacial score (nSPS) is 5.50. The molecule has 0 aromatic rings. The van der Waals surface area contributed by atoms with Crippen molar-refractivity contribution in [3.05, 3.63) is 0 Å². The van der Waals surface area contributed by atoms with Gasteiger partial charge in [0.25, 0.3) is 12.2 Å². The Morgan fingerprint density at radius 1 is 1.00 bits per heavy atom. The standard InChI is InChI=1S/C2N2O4/c5-1-3-7-8-4-2-6. The van der Waals surface area contributed by atoms with Gasteiger partial charge in [0.2, 0.25) is 0 Å². The summed E-state index contributed by atoms with van der Waals surface area (Å²) in [5, 5.41) is 4.82. The first-order valence-electron chi connectivity index (χ1n) is 1.39. The van der Waals surface area contributed by atoms with Crippen molar-refractivity contribution in [3.8, 4) is 0 Å². The van der Waals surface area contributed by atoms with Crippen LogP contribution in [0.1, 0.15) is 0 Å². The van der Waals surface area contributed by atoms with Crippen molar-refractivity contribution in [2.45, 2.75) is 0 Å². The Morgan fingerprint density at radius 2 is 1.38 bits per heavy atom. The average Bonchev–Trinajstić information content (AvgIpc) is 1.81. The molecule has 0 rings (SSSR count). The summed E-state index contributed by atoms with van der Waals surface area (Å²) >= 11 is 0. The Hall–Kier alpha value is -1.64. The van der Waals surface area contributed by atoms with E-state index < -0.39 is 0 Å². The molecule has 0 radical (unpaired) electrons. The molecule has 0 atom stereocenters. The molecule has 0 N–H and O–H groups in total. The molecule has 6 nitrogen and oxygen atoms in total. The van der Waals surface area contributed by atoms with Crippen molar-refractivity contribution in [2.75, 3.05) is 0 Å². The fourth-order valence-corrected chi connectivity index (χ4v) is 0.0638. The molecule has 0 heterocycles. The van der Waals surface area contributed by atoms with Crippen LogP contribution in [-0.2, 0) is 19.6 Å². The van der Waals surface area contributed by atoms with Crippen LogP contribution in [0.3, 0.4) is 0 Å². The van der Waals surface area contributed by atoms with E-state index in [1.807, 2.05) is 0 Å². The summed E-state index contributed by atoms with van der Waals surface area (Å²) in [4.78, 5) is 25.3. The van der Waals surface area contributed by atoms with Crippen LogP contribution in [-0.4, -0.2) is 12.2 Å². The molecule has 0 aromatic carbocycles. The molecular formula is C2N2O4. The van der Waals surface area contributed by atoms with Gasteiger partial charge in [-0.25, -0.2) is 9.59 Å². The SMILES string of the molecule is O=C=NOON=C=O. The van der Waals surface area contributed by atoms with Gasteiger partial charge < -0.3 is 0 Å². The smallest absolute Gasteiger partial charge is 0.208 e. The lowest BCUT2D eigenvalue weighted by Gasteiger charge is -1.78. The van der Waals surface area contributed by atoms with Gasteiger partial charge in [-0.05, 0) is 0 Å². The van der Waals surface area contributed by atoms with E-state index in [2.05, 4.69) is 20.3 Å². The number of nitrogens with zero attached hydrogens (tertiary/aromatic N) is 2. The minimum Gasteiger partial charge on any atom is -0.208 e. The molecule has 0 aliphatic rings. The van der Waals surface area contributed by atoms with Crippen molar-refractivity contribution in [3.63, 3.8) is 0 Å². The Balaban J connectivity index is 3.18. The number of rotatable bonds is 3. The molecule has 0 amide bonds. The van der Waals surface area contributed by atoms with Crippen LogP contribution >= 0.6 is 0 Å². The zero-order valence-electron chi connectivity index (χ0n) is 3.53. The van der Waals surface area contributed by atoms with Gasteiger partial charge in [0.05, 0.1) is 10.3 Å². The lowest BCUT2D eigenvalue weighted by molar-refractivity contribution is -0.296. The van der Waals surface area contributed by atoms with Gasteiger partial charge in [-0.15, -0.1) is 9.98 Å². The summed E-state index contributed by atoms with van der Waals surface area (Å²) in [6, 6.07) is 0. The first-order chi connectivity index (χ1) is 3.91. The Labute approximate surface area is 43.3 Å². The third-order valence-corrected chi connectivity index (χ3v) is 0.182. The Morgan fingerprint density at radius 3 is 1.62 bits per heavy atom. The average molecular weight is 116 g/mol.